The van der Waals surface area contributed by atoms with Crippen molar-refractivity contribution in [1.82, 2.24) is 9.97 Å². The number of rotatable bonds is 4. The number of nitrogens with one attached hydrogen (secondary N) is 1. The van der Waals surface area contributed by atoms with Crippen molar-refractivity contribution in [3.05, 3.63) is 70.2 Å². The van der Waals surface area contributed by atoms with Crippen LogP contribution in [0.25, 0.3) is 34.0 Å². The van der Waals surface area contributed by atoms with Gasteiger partial charge in [-0.25, -0.2) is 4.98 Å². The van der Waals surface area contributed by atoms with Gasteiger partial charge in [0.25, 0.3) is 0 Å². The molecule has 0 radical (unpaired) electrons. The maximum atomic E-state index is 9.58. The first-order chi connectivity index (χ1) is 13.6. The van der Waals surface area contributed by atoms with Crippen molar-refractivity contribution in [2.24, 2.45) is 0 Å². The molecule has 2 aromatic heterocycles. The number of allylic oxidation sites excluding steroid dienone is 1. The zero-order valence-electron chi connectivity index (χ0n) is 14.7. The number of methoxy groups -OCH3 is 1. The first kappa shape index (κ1) is 18.2. The number of hydrogen-bond donors (Lipinski definition) is 1. The summed E-state index contributed by atoms with van der Waals surface area (Å²) in [7, 11) is 1.60. The standard InChI is InChI=1S/C21H13Cl2N3O2/c1-27-14-3-6-18-19(10-14)26-21(25-18)12(11-24)8-15-4-7-20(28-15)16-5-2-13(22)9-17(16)23/h2-10H,1H3,(H,25,26)/b12-8+. The molecule has 0 saturated carbocycles. The van der Waals surface area contributed by atoms with Crippen LogP contribution in [0.2, 0.25) is 10.0 Å². The Morgan fingerprint density at radius 2 is 2.04 bits per heavy atom. The van der Waals surface area contributed by atoms with Gasteiger partial charge in [-0.05, 0) is 42.5 Å². The maximum Gasteiger partial charge on any atom is 0.149 e. The fourth-order valence-corrected chi connectivity index (χ4v) is 3.31. The number of nitrogens with zero attached hydrogens (tertiary/aromatic N) is 2. The lowest BCUT2D eigenvalue weighted by Gasteiger charge is -2.00. The van der Waals surface area contributed by atoms with E-state index in [0.29, 0.717) is 38.7 Å². The van der Waals surface area contributed by atoms with Gasteiger partial charge in [0.05, 0.1) is 28.7 Å². The van der Waals surface area contributed by atoms with Crippen molar-refractivity contribution < 1.29 is 9.15 Å². The third-order valence-electron chi connectivity index (χ3n) is 4.17. The maximum absolute atomic E-state index is 9.58. The minimum absolute atomic E-state index is 0.346. The number of aromatic nitrogens is 2. The van der Waals surface area contributed by atoms with E-state index in [1.165, 1.54) is 0 Å². The van der Waals surface area contributed by atoms with Crippen molar-refractivity contribution in [3.63, 3.8) is 0 Å². The molecule has 7 heteroatoms. The van der Waals surface area contributed by atoms with Gasteiger partial charge in [-0.3, -0.25) is 0 Å². The molecule has 4 rings (SSSR count). The van der Waals surface area contributed by atoms with Crippen molar-refractivity contribution in [1.29, 1.82) is 5.26 Å². The zero-order chi connectivity index (χ0) is 19.7. The van der Waals surface area contributed by atoms with Gasteiger partial charge < -0.3 is 14.1 Å². The average Bonchev–Trinajstić information content (AvgIpc) is 3.32. The van der Waals surface area contributed by atoms with E-state index in [1.54, 1.807) is 43.5 Å². The number of aromatic amines is 1. The van der Waals surface area contributed by atoms with Gasteiger partial charge in [0.15, 0.2) is 0 Å². The molecule has 0 unspecified atom stereocenters. The summed E-state index contributed by atoms with van der Waals surface area (Å²) in [5.74, 6) is 2.25. The van der Waals surface area contributed by atoms with Crippen molar-refractivity contribution in [2.45, 2.75) is 0 Å². The lowest BCUT2D eigenvalue weighted by Crippen LogP contribution is -1.84. The van der Waals surface area contributed by atoms with Gasteiger partial charge in [0.1, 0.15) is 29.2 Å². The van der Waals surface area contributed by atoms with Gasteiger partial charge >= 0.3 is 0 Å². The predicted octanol–water partition coefficient (Wildman–Crippen LogP) is 6.20. The summed E-state index contributed by atoms with van der Waals surface area (Å²) in [6.45, 7) is 0. The van der Waals surface area contributed by atoms with Crippen molar-refractivity contribution in [2.75, 3.05) is 7.11 Å². The predicted molar refractivity (Wildman–Crippen MR) is 110 cm³/mol. The van der Waals surface area contributed by atoms with Crippen LogP contribution in [0.3, 0.4) is 0 Å². The molecule has 1 N–H and O–H groups in total. The number of benzene rings is 2. The van der Waals surface area contributed by atoms with Gasteiger partial charge in [0.2, 0.25) is 0 Å². The third-order valence-corrected chi connectivity index (χ3v) is 4.72. The van der Waals surface area contributed by atoms with E-state index >= 15 is 0 Å². The zero-order valence-corrected chi connectivity index (χ0v) is 16.2. The first-order valence-corrected chi connectivity index (χ1v) is 9.04. The number of furan rings is 1. The number of hydrogen-bond acceptors (Lipinski definition) is 4. The molecule has 0 amide bonds. The Labute approximate surface area is 170 Å². The second-order valence-electron chi connectivity index (χ2n) is 5.96. The summed E-state index contributed by atoms with van der Waals surface area (Å²) in [5, 5.41) is 10.6. The molecule has 0 aliphatic carbocycles. The average molecular weight is 410 g/mol. The number of nitriles is 1. The van der Waals surface area contributed by atoms with Crippen LogP contribution in [0.15, 0.2) is 52.9 Å². The molecular formula is C21H13Cl2N3O2. The van der Waals surface area contributed by atoms with Crippen molar-refractivity contribution >= 4 is 45.9 Å². The van der Waals surface area contributed by atoms with Crippen LogP contribution in [0.4, 0.5) is 0 Å². The van der Waals surface area contributed by atoms with Crippen LogP contribution in [0, 0.1) is 11.3 Å². The second-order valence-corrected chi connectivity index (χ2v) is 6.81. The van der Waals surface area contributed by atoms with Crippen LogP contribution in [0.5, 0.6) is 5.75 Å². The molecule has 4 aromatic rings. The molecule has 2 aromatic carbocycles. The van der Waals surface area contributed by atoms with Crippen LogP contribution in [-0.4, -0.2) is 17.1 Å². The minimum Gasteiger partial charge on any atom is -0.497 e. The number of ether oxygens (including phenoxy) is 1. The normalized spacial score (nSPS) is 11.6. The van der Waals surface area contributed by atoms with E-state index in [4.69, 9.17) is 32.4 Å². The number of imidazole rings is 1. The summed E-state index contributed by atoms with van der Waals surface area (Å²) in [4.78, 5) is 7.60. The summed E-state index contributed by atoms with van der Waals surface area (Å²) >= 11 is 12.2. The SMILES string of the molecule is COc1ccc2nc(/C(C#N)=C/c3ccc(-c4ccc(Cl)cc4Cl)o3)[nH]c2c1. The Morgan fingerprint density at radius 1 is 1.18 bits per heavy atom. The van der Waals surface area contributed by atoms with Gasteiger partial charge in [-0.1, -0.05) is 23.2 Å². The van der Waals surface area contributed by atoms with Crippen LogP contribution < -0.4 is 4.74 Å². The lowest BCUT2D eigenvalue weighted by molar-refractivity contribution is 0.415. The number of halogens is 2. The van der Waals surface area contributed by atoms with E-state index in [-0.39, 0.29) is 0 Å². The highest BCUT2D eigenvalue weighted by molar-refractivity contribution is 6.36. The van der Waals surface area contributed by atoms with Crippen molar-refractivity contribution in [3.8, 4) is 23.1 Å². The summed E-state index contributed by atoms with van der Waals surface area (Å²) < 4.78 is 11.1. The first-order valence-electron chi connectivity index (χ1n) is 8.28. The monoisotopic (exact) mass is 409 g/mol. The second kappa shape index (κ2) is 7.43. The van der Waals surface area contributed by atoms with E-state index in [0.717, 1.165) is 16.6 Å². The molecule has 28 heavy (non-hydrogen) atoms. The van der Waals surface area contributed by atoms with E-state index in [2.05, 4.69) is 16.0 Å². The molecule has 138 valence electrons. The van der Waals surface area contributed by atoms with E-state index in [9.17, 15) is 5.26 Å². The van der Waals surface area contributed by atoms with E-state index < -0.39 is 0 Å². The third kappa shape index (κ3) is 3.48. The van der Waals surface area contributed by atoms with Crippen LogP contribution >= 0.6 is 23.2 Å². The molecule has 0 atom stereocenters. The summed E-state index contributed by atoms with van der Waals surface area (Å²) in [5.41, 5.74) is 2.59. The fraction of sp³-hybridized carbons (Fsp3) is 0.0476. The highest BCUT2D eigenvalue weighted by atomic mass is 35.5. The molecule has 0 bridgehead atoms. The number of H-pyrrole nitrogens is 1. The Morgan fingerprint density at radius 3 is 2.79 bits per heavy atom. The molecule has 0 fully saturated rings. The van der Waals surface area contributed by atoms with Gasteiger partial charge in [0, 0.05) is 22.7 Å². The summed E-state index contributed by atoms with van der Waals surface area (Å²) in [6.07, 6.45) is 1.63. The quantitative estimate of drug-likeness (QED) is 0.407. The highest BCUT2D eigenvalue weighted by Gasteiger charge is 2.12. The largest absolute Gasteiger partial charge is 0.497 e. The molecule has 0 aliphatic rings. The molecule has 0 spiro atoms. The molecule has 0 saturated heterocycles. The summed E-state index contributed by atoms with van der Waals surface area (Å²) in [6, 6.07) is 16.4. The van der Waals surface area contributed by atoms with E-state index in [1.807, 2.05) is 18.2 Å². The lowest BCUT2D eigenvalue weighted by atomic mass is 10.2. The topological polar surface area (TPSA) is 74.8 Å². The Balaban J connectivity index is 1.69. The van der Waals surface area contributed by atoms with Crippen LogP contribution in [-0.2, 0) is 0 Å². The minimum atomic E-state index is 0.346. The van der Waals surface area contributed by atoms with Crippen LogP contribution in [0.1, 0.15) is 11.6 Å². The fourth-order valence-electron chi connectivity index (χ4n) is 2.80. The smallest absolute Gasteiger partial charge is 0.149 e. The number of fused-ring (bicyclic) bond motifs is 1. The van der Waals surface area contributed by atoms with Gasteiger partial charge in [-0.15, -0.1) is 0 Å². The Bertz CT molecular complexity index is 1250. The Kier molecular flexibility index (Phi) is 4.82. The molecule has 2 heterocycles. The highest BCUT2D eigenvalue weighted by Crippen LogP contribution is 2.32. The van der Waals surface area contributed by atoms with Gasteiger partial charge in [-0.2, -0.15) is 5.26 Å². The molecular weight excluding hydrogens is 397 g/mol. The Hall–Kier alpha value is -3.20. The molecule has 5 nitrogen and oxygen atoms in total. The molecule has 0 aliphatic heterocycles.